The molecule has 0 spiro atoms. The zero-order chi connectivity index (χ0) is 22.5. The molecule has 1 heterocycles. The fraction of sp³-hybridized carbons (Fsp3) is 0.500. The van der Waals surface area contributed by atoms with Crippen LogP contribution >= 0.6 is 23.1 Å². The van der Waals surface area contributed by atoms with E-state index in [1.54, 1.807) is 23.9 Å². The van der Waals surface area contributed by atoms with Crippen molar-refractivity contribution in [3.8, 4) is 11.5 Å². The molecule has 1 atom stereocenters. The standard InChI is InChI=1S/C18H26N4O5S3/c1-11(2)10-28-18-21-20-17(29-18)19-16(23)12(3)22(30(6,24)25)14-9-13(26-4)7-8-15(14)27-5/h7-9,11-12H,10H2,1-6H3,(H,19,20,23). The summed E-state index contributed by atoms with van der Waals surface area (Å²) in [5, 5.41) is 11.0. The van der Waals surface area contributed by atoms with Crippen molar-refractivity contribution in [3.63, 3.8) is 0 Å². The second-order valence-corrected chi connectivity index (χ2v) is 10.9. The van der Waals surface area contributed by atoms with E-state index in [0.717, 1.165) is 20.7 Å². The summed E-state index contributed by atoms with van der Waals surface area (Å²) in [6.45, 7) is 5.70. The first kappa shape index (κ1) is 24.2. The highest BCUT2D eigenvalue weighted by molar-refractivity contribution is 8.01. The first-order valence-corrected chi connectivity index (χ1v) is 12.7. The first-order valence-electron chi connectivity index (χ1n) is 9.05. The number of anilines is 2. The van der Waals surface area contributed by atoms with E-state index in [1.807, 2.05) is 0 Å². The number of hydrogen-bond donors (Lipinski definition) is 1. The lowest BCUT2D eigenvalue weighted by molar-refractivity contribution is -0.116. The molecular formula is C18H26N4O5S3. The molecule has 0 aliphatic rings. The average Bonchev–Trinajstić information content (AvgIpc) is 3.12. The molecule has 1 aromatic carbocycles. The monoisotopic (exact) mass is 474 g/mol. The molecule has 1 aromatic heterocycles. The number of benzene rings is 1. The van der Waals surface area contributed by atoms with E-state index in [-0.39, 0.29) is 5.69 Å². The van der Waals surface area contributed by atoms with Gasteiger partial charge in [0, 0.05) is 11.8 Å². The summed E-state index contributed by atoms with van der Waals surface area (Å²) in [7, 11) is -0.931. The van der Waals surface area contributed by atoms with Gasteiger partial charge in [-0.3, -0.25) is 14.4 Å². The number of aromatic nitrogens is 2. The number of hydrogen-bond acceptors (Lipinski definition) is 9. The van der Waals surface area contributed by atoms with Crippen LogP contribution in [0.5, 0.6) is 11.5 Å². The Morgan fingerprint density at radius 3 is 2.50 bits per heavy atom. The normalized spacial score (nSPS) is 12.5. The number of carbonyl (C=O) groups is 1. The molecule has 1 amide bonds. The molecule has 9 nitrogen and oxygen atoms in total. The minimum absolute atomic E-state index is 0.201. The van der Waals surface area contributed by atoms with Gasteiger partial charge in [0.15, 0.2) is 4.34 Å². The topological polar surface area (TPSA) is 111 Å². The van der Waals surface area contributed by atoms with E-state index in [2.05, 4.69) is 29.4 Å². The number of nitrogens with one attached hydrogen (secondary N) is 1. The number of methoxy groups -OCH3 is 2. The lowest BCUT2D eigenvalue weighted by Crippen LogP contribution is -2.45. The highest BCUT2D eigenvalue weighted by Crippen LogP contribution is 2.35. The minimum Gasteiger partial charge on any atom is -0.497 e. The van der Waals surface area contributed by atoms with Gasteiger partial charge in [-0.15, -0.1) is 10.2 Å². The largest absolute Gasteiger partial charge is 0.497 e. The zero-order valence-electron chi connectivity index (χ0n) is 17.7. The Balaban J connectivity index is 2.28. The number of carbonyl (C=O) groups excluding carboxylic acids is 1. The van der Waals surface area contributed by atoms with Crippen LogP contribution in [-0.2, 0) is 14.8 Å². The van der Waals surface area contributed by atoms with Crippen LogP contribution in [0.3, 0.4) is 0 Å². The van der Waals surface area contributed by atoms with E-state index >= 15 is 0 Å². The Bertz CT molecular complexity index is 978. The van der Waals surface area contributed by atoms with Crippen LogP contribution in [0.2, 0.25) is 0 Å². The Hall–Kier alpha value is -2.05. The van der Waals surface area contributed by atoms with Gasteiger partial charge in [0.05, 0.1) is 26.2 Å². The smallest absolute Gasteiger partial charge is 0.249 e. The maximum Gasteiger partial charge on any atom is 0.249 e. The van der Waals surface area contributed by atoms with Crippen LogP contribution in [-0.4, -0.2) is 56.8 Å². The molecule has 12 heteroatoms. The summed E-state index contributed by atoms with van der Waals surface area (Å²) in [5.74, 6) is 1.57. The van der Waals surface area contributed by atoms with Gasteiger partial charge in [0.25, 0.3) is 0 Å². The van der Waals surface area contributed by atoms with E-state index in [1.165, 1.54) is 38.5 Å². The summed E-state index contributed by atoms with van der Waals surface area (Å²) >= 11 is 2.80. The molecule has 0 fully saturated rings. The van der Waals surface area contributed by atoms with Crippen LogP contribution in [0, 0.1) is 5.92 Å². The SMILES string of the molecule is COc1ccc(OC)c(N(C(C)C(=O)Nc2nnc(SCC(C)C)s2)S(C)(=O)=O)c1. The van der Waals surface area contributed by atoms with Crippen LogP contribution in [0.15, 0.2) is 22.5 Å². The maximum atomic E-state index is 12.8. The third-order valence-electron chi connectivity index (χ3n) is 3.89. The lowest BCUT2D eigenvalue weighted by Gasteiger charge is -2.29. The molecule has 2 aromatic rings. The average molecular weight is 475 g/mol. The number of sulfonamides is 1. The number of amides is 1. The summed E-state index contributed by atoms with van der Waals surface area (Å²) in [4.78, 5) is 12.8. The molecule has 0 saturated heterocycles. The Labute approximate surface area is 185 Å². The van der Waals surface area contributed by atoms with Gasteiger partial charge >= 0.3 is 0 Å². The molecule has 0 radical (unpaired) electrons. The van der Waals surface area contributed by atoms with Gasteiger partial charge in [0.2, 0.25) is 21.1 Å². The number of rotatable bonds is 10. The predicted octanol–water partition coefficient (Wildman–Crippen LogP) is 3.10. The van der Waals surface area contributed by atoms with E-state index in [4.69, 9.17) is 9.47 Å². The molecular weight excluding hydrogens is 448 g/mol. The van der Waals surface area contributed by atoms with E-state index in [9.17, 15) is 13.2 Å². The molecule has 30 heavy (non-hydrogen) atoms. The summed E-state index contributed by atoms with van der Waals surface area (Å²) in [6, 6.07) is 3.66. The van der Waals surface area contributed by atoms with Gasteiger partial charge in [-0.05, 0) is 25.0 Å². The van der Waals surface area contributed by atoms with Gasteiger partial charge in [-0.1, -0.05) is 36.9 Å². The number of thioether (sulfide) groups is 1. The number of nitrogens with zero attached hydrogens (tertiary/aromatic N) is 3. The lowest BCUT2D eigenvalue weighted by atomic mass is 10.2. The second kappa shape index (κ2) is 10.3. The molecule has 1 unspecified atom stereocenters. The molecule has 1 N–H and O–H groups in total. The Morgan fingerprint density at radius 2 is 1.93 bits per heavy atom. The fourth-order valence-electron chi connectivity index (χ4n) is 2.52. The third kappa shape index (κ3) is 6.22. The van der Waals surface area contributed by atoms with Crippen molar-refractivity contribution in [3.05, 3.63) is 18.2 Å². The summed E-state index contributed by atoms with van der Waals surface area (Å²) in [6.07, 6.45) is 1.03. The molecule has 2 rings (SSSR count). The fourth-order valence-corrected chi connectivity index (χ4v) is 5.42. The van der Waals surface area contributed by atoms with Gasteiger partial charge in [-0.2, -0.15) is 0 Å². The van der Waals surface area contributed by atoms with Crippen molar-refractivity contribution in [1.29, 1.82) is 0 Å². The minimum atomic E-state index is -3.82. The molecule has 0 saturated carbocycles. The highest BCUT2D eigenvalue weighted by Gasteiger charge is 2.32. The van der Waals surface area contributed by atoms with Crippen molar-refractivity contribution in [2.45, 2.75) is 31.2 Å². The van der Waals surface area contributed by atoms with E-state index < -0.39 is 22.0 Å². The molecule has 166 valence electrons. The second-order valence-electron chi connectivity index (χ2n) is 6.84. The van der Waals surface area contributed by atoms with Crippen molar-refractivity contribution in [1.82, 2.24) is 10.2 Å². The van der Waals surface area contributed by atoms with E-state index in [0.29, 0.717) is 22.5 Å². The van der Waals surface area contributed by atoms with Crippen LogP contribution < -0.4 is 19.1 Å². The molecule has 0 aliphatic heterocycles. The van der Waals surface area contributed by atoms with Crippen LogP contribution in [0.25, 0.3) is 0 Å². The maximum absolute atomic E-state index is 12.8. The summed E-state index contributed by atoms with van der Waals surface area (Å²) < 4.78 is 37.4. The van der Waals surface area contributed by atoms with Crippen LogP contribution in [0.1, 0.15) is 20.8 Å². The predicted molar refractivity (Wildman–Crippen MR) is 120 cm³/mol. The van der Waals surface area contributed by atoms with Crippen molar-refractivity contribution < 1.29 is 22.7 Å². The highest BCUT2D eigenvalue weighted by atomic mass is 32.2. The van der Waals surface area contributed by atoms with Gasteiger partial charge in [0.1, 0.15) is 17.5 Å². The molecule has 0 aliphatic carbocycles. The Kier molecular flexibility index (Phi) is 8.33. The van der Waals surface area contributed by atoms with Crippen molar-refractivity contribution >= 4 is 49.8 Å². The third-order valence-corrected chi connectivity index (χ3v) is 7.52. The molecule has 0 bridgehead atoms. The van der Waals surface area contributed by atoms with Gasteiger partial charge in [-0.25, -0.2) is 8.42 Å². The number of ether oxygens (including phenoxy) is 2. The quantitative estimate of drug-likeness (QED) is 0.413. The van der Waals surface area contributed by atoms with Crippen LogP contribution in [0.4, 0.5) is 10.8 Å². The van der Waals surface area contributed by atoms with Crippen molar-refractivity contribution in [2.75, 3.05) is 35.9 Å². The zero-order valence-corrected chi connectivity index (χ0v) is 20.2. The Morgan fingerprint density at radius 1 is 1.23 bits per heavy atom. The van der Waals surface area contributed by atoms with Gasteiger partial charge < -0.3 is 9.47 Å². The summed E-state index contributed by atoms with van der Waals surface area (Å²) in [5.41, 5.74) is 0.201. The van der Waals surface area contributed by atoms with Crippen molar-refractivity contribution in [2.24, 2.45) is 5.92 Å². The first-order chi connectivity index (χ1) is 14.1.